The topological polar surface area (TPSA) is 88.1 Å². The Morgan fingerprint density at radius 2 is 1.56 bits per heavy atom. The summed E-state index contributed by atoms with van der Waals surface area (Å²) in [6.45, 7) is 1.11. The van der Waals surface area contributed by atoms with E-state index in [9.17, 15) is 13.2 Å². The van der Waals surface area contributed by atoms with Gasteiger partial charge in [-0.25, -0.2) is 13.8 Å². The summed E-state index contributed by atoms with van der Waals surface area (Å²) in [5.74, 6) is 0.284. The number of nitrogens with zero attached hydrogens (tertiary/aromatic N) is 2. The van der Waals surface area contributed by atoms with Crippen LogP contribution in [0.25, 0.3) is 0 Å². The highest BCUT2D eigenvalue weighted by Gasteiger charge is 2.31. The van der Waals surface area contributed by atoms with E-state index in [-0.39, 0.29) is 16.7 Å². The van der Waals surface area contributed by atoms with Crippen molar-refractivity contribution in [2.75, 3.05) is 13.1 Å². The van der Waals surface area contributed by atoms with Gasteiger partial charge in [0.1, 0.15) is 12.4 Å². The number of piperidine rings is 1. The number of benzene rings is 3. The standard InChI is InChI=1S/C26H27N3O4S/c30-26(23-15-17-29(18-16-23)34(31,32)25-9-5-2-6-10-25)28-27-19-21-11-13-24(14-12-21)33-20-22-7-3-1-4-8-22/h1-14,19,23H,15-18,20H2,(H,28,30)/b27-19-. The van der Waals surface area contributed by atoms with Gasteiger partial charge in [0, 0.05) is 19.0 Å². The highest BCUT2D eigenvalue weighted by Crippen LogP contribution is 2.24. The van der Waals surface area contributed by atoms with E-state index in [4.69, 9.17) is 4.74 Å². The molecule has 0 aromatic heterocycles. The zero-order chi connectivity index (χ0) is 23.8. The van der Waals surface area contributed by atoms with Gasteiger partial charge in [0.25, 0.3) is 0 Å². The molecule has 1 aliphatic heterocycles. The van der Waals surface area contributed by atoms with Crippen molar-refractivity contribution >= 4 is 22.1 Å². The molecule has 1 fully saturated rings. The molecule has 0 unspecified atom stereocenters. The first-order chi connectivity index (χ1) is 16.5. The molecular weight excluding hydrogens is 450 g/mol. The van der Waals surface area contributed by atoms with Crippen molar-refractivity contribution in [3.05, 3.63) is 96.1 Å². The fourth-order valence-corrected chi connectivity index (χ4v) is 5.24. The van der Waals surface area contributed by atoms with Crippen LogP contribution < -0.4 is 10.2 Å². The van der Waals surface area contributed by atoms with Crippen molar-refractivity contribution in [2.45, 2.75) is 24.3 Å². The first-order valence-corrected chi connectivity index (χ1v) is 12.6. The Bertz CT molecular complexity index is 1210. The number of hydrogen-bond acceptors (Lipinski definition) is 5. The van der Waals surface area contributed by atoms with E-state index in [1.54, 1.807) is 36.5 Å². The number of rotatable bonds is 8. The Morgan fingerprint density at radius 3 is 2.21 bits per heavy atom. The van der Waals surface area contributed by atoms with Crippen molar-refractivity contribution in [1.82, 2.24) is 9.73 Å². The van der Waals surface area contributed by atoms with Gasteiger partial charge in [-0.3, -0.25) is 4.79 Å². The third kappa shape index (κ3) is 6.09. The quantitative estimate of drug-likeness (QED) is 0.395. The van der Waals surface area contributed by atoms with Crippen LogP contribution in [0.5, 0.6) is 5.75 Å². The van der Waals surface area contributed by atoms with Crippen LogP contribution in [0.3, 0.4) is 0 Å². The highest BCUT2D eigenvalue weighted by atomic mass is 32.2. The van der Waals surface area contributed by atoms with Gasteiger partial charge in [-0.2, -0.15) is 9.41 Å². The average molecular weight is 478 g/mol. The lowest BCUT2D eigenvalue weighted by Crippen LogP contribution is -2.42. The zero-order valence-corrected chi connectivity index (χ0v) is 19.5. The Kier molecular flexibility index (Phi) is 7.72. The first-order valence-electron chi connectivity index (χ1n) is 11.2. The molecule has 1 heterocycles. The molecule has 8 heteroatoms. The summed E-state index contributed by atoms with van der Waals surface area (Å²) in [6.07, 6.45) is 2.50. The number of carbonyl (C=O) groups excluding carboxylic acids is 1. The van der Waals surface area contributed by atoms with E-state index in [1.807, 2.05) is 54.6 Å². The van der Waals surface area contributed by atoms with Crippen molar-refractivity contribution in [3.63, 3.8) is 0 Å². The van der Waals surface area contributed by atoms with Gasteiger partial charge in [0.15, 0.2) is 0 Å². The van der Waals surface area contributed by atoms with Gasteiger partial charge in [0.2, 0.25) is 15.9 Å². The number of hydrazone groups is 1. The molecule has 0 saturated carbocycles. The van der Waals surface area contributed by atoms with Crippen LogP contribution in [-0.4, -0.2) is 37.9 Å². The fraction of sp³-hybridized carbons (Fsp3) is 0.231. The molecule has 0 aliphatic carbocycles. The number of ether oxygens (including phenoxy) is 1. The zero-order valence-electron chi connectivity index (χ0n) is 18.7. The SMILES string of the molecule is O=C(N/N=C\c1ccc(OCc2ccccc2)cc1)C1CCN(S(=O)(=O)c2ccccc2)CC1. The van der Waals surface area contributed by atoms with Crippen molar-refractivity contribution in [2.24, 2.45) is 11.0 Å². The molecule has 0 atom stereocenters. The summed E-state index contributed by atoms with van der Waals surface area (Å²) in [7, 11) is -3.53. The molecule has 1 aliphatic rings. The summed E-state index contributed by atoms with van der Waals surface area (Å²) in [5, 5.41) is 4.06. The lowest BCUT2D eigenvalue weighted by Gasteiger charge is -2.30. The highest BCUT2D eigenvalue weighted by molar-refractivity contribution is 7.89. The number of carbonyl (C=O) groups is 1. The minimum absolute atomic E-state index is 0.198. The number of sulfonamides is 1. The second kappa shape index (κ2) is 11.1. The van der Waals surface area contributed by atoms with Crippen LogP contribution in [-0.2, 0) is 21.4 Å². The molecule has 1 amide bonds. The second-order valence-electron chi connectivity index (χ2n) is 8.07. The Balaban J connectivity index is 1.23. The van der Waals surface area contributed by atoms with E-state index in [0.29, 0.717) is 32.5 Å². The molecule has 0 radical (unpaired) electrons. The third-order valence-electron chi connectivity index (χ3n) is 5.72. The average Bonchev–Trinajstić information content (AvgIpc) is 2.89. The molecule has 176 valence electrons. The maximum Gasteiger partial charge on any atom is 0.243 e. The molecule has 34 heavy (non-hydrogen) atoms. The second-order valence-corrected chi connectivity index (χ2v) is 10.0. The molecule has 0 spiro atoms. The normalized spacial score (nSPS) is 15.3. The van der Waals surface area contributed by atoms with Crippen molar-refractivity contribution in [3.8, 4) is 5.75 Å². The van der Waals surface area contributed by atoms with Gasteiger partial charge in [-0.05, 0) is 60.4 Å². The van der Waals surface area contributed by atoms with Crippen LogP contribution in [0.2, 0.25) is 0 Å². The summed E-state index contributed by atoms with van der Waals surface area (Å²) in [6, 6.07) is 25.7. The van der Waals surface area contributed by atoms with Crippen molar-refractivity contribution < 1.29 is 17.9 Å². The van der Waals surface area contributed by atoms with Gasteiger partial charge >= 0.3 is 0 Å². The molecule has 1 saturated heterocycles. The van der Waals surface area contributed by atoms with Gasteiger partial charge in [-0.15, -0.1) is 0 Å². The summed E-state index contributed by atoms with van der Waals surface area (Å²) in [5.41, 5.74) is 4.51. The summed E-state index contributed by atoms with van der Waals surface area (Å²) >= 11 is 0. The molecule has 3 aromatic carbocycles. The Morgan fingerprint density at radius 1 is 0.941 bits per heavy atom. The lowest BCUT2D eigenvalue weighted by molar-refractivity contribution is -0.126. The molecule has 1 N–H and O–H groups in total. The smallest absolute Gasteiger partial charge is 0.243 e. The molecule has 4 rings (SSSR count). The number of hydrogen-bond donors (Lipinski definition) is 1. The van der Waals surface area contributed by atoms with E-state index >= 15 is 0 Å². The number of amides is 1. The van der Waals surface area contributed by atoms with E-state index in [0.717, 1.165) is 16.9 Å². The monoisotopic (exact) mass is 477 g/mol. The molecule has 3 aromatic rings. The van der Waals surface area contributed by atoms with Gasteiger partial charge in [-0.1, -0.05) is 48.5 Å². The molecular formula is C26H27N3O4S. The van der Waals surface area contributed by atoms with Gasteiger partial charge in [0.05, 0.1) is 11.1 Å². The van der Waals surface area contributed by atoms with E-state index in [2.05, 4.69) is 10.5 Å². The van der Waals surface area contributed by atoms with Crippen LogP contribution in [0.15, 0.2) is 94.9 Å². The van der Waals surface area contributed by atoms with Crippen LogP contribution in [0.4, 0.5) is 0 Å². The summed E-state index contributed by atoms with van der Waals surface area (Å²) in [4.78, 5) is 12.8. The van der Waals surface area contributed by atoms with Crippen molar-refractivity contribution in [1.29, 1.82) is 0 Å². The maximum absolute atomic E-state index is 12.7. The largest absolute Gasteiger partial charge is 0.489 e. The molecule has 7 nitrogen and oxygen atoms in total. The number of nitrogens with one attached hydrogen (secondary N) is 1. The van der Waals surface area contributed by atoms with E-state index in [1.165, 1.54) is 4.31 Å². The predicted molar refractivity (Wildman–Crippen MR) is 131 cm³/mol. The van der Waals surface area contributed by atoms with E-state index < -0.39 is 10.0 Å². The van der Waals surface area contributed by atoms with Crippen LogP contribution >= 0.6 is 0 Å². The Hall–Kier alpha value is -3.49. The summed E-state index contributed by atoms with van der Waals surface area (Å²) < 4.78 is 32.7. The predicted octanol–water partition coefficient (Wildman–Crippen LogP) is 3.82. The molecule has 0 bridgehead atoms. The first kappa shape index (κ1) is 23.7. The Labute approximate surface area is 200 Å². The third-order valence-corrected chi connectivity index (χ3v) is 7.64. The maximum atomic E-state index is 12.7. The minimum atomic E-state index is -3.53. The van der Waals surface area contributed by atoms with Crippen LogP contribution in [0, 0.1) is 5.92 Å². The lowest BCUT2D eigenvalue weighted by atomic mass is 9.98. The fourth-order valence-electron chi connectivity index (χ4n) is 3.75. The van der Waals surface area contributed by atoms with Crippen LogP contribution in [0.1, 0.15) is 24.0 Å². The van der Waals surface area contributed by atoms with Gasteiger partial charge < -0.3 is 4.74 Å². The minimum Gasteiger partial charge on any atom is -0.489 e.